The molecule has 0 saturated heterocycles. The molecule has 108 valence electrons. The Morgan fingerprint density at radius 3 is 2.53 bits per heavy atom. The molecule has 1 saturated carbocycles. The second kappa shape index (κ2) is 5.28. The number of hydrogen-bond donors (Lipinski definition) is 2. The summed E-state index contributed by atoms with van der Waals surface area (Å²) >= 11 is 0. The number of alkyl halides is 3. The van der Waals surface area contributed by atoms with Crippen LogP contribution in [0.15, 0.2) is 6.20 Å². The Labute approximate surface area is 108 Å². The number of aliphatic hydroxyl groups excluding tert-OH is 1. The van der Waals surface area contributed by atoms with Crippen molar-refractivity contribution in [3.8, 4) is 5.88 Å². The van der Waals surface area contributed by atoms with Crippen LogP contribution in [-0.2, 0) is 0 Å². The summed E-state index contributed by atoms with van der Waals surface area (Å²) in [4.78, 5) is 0. The van der Waals surface area contributed by atoms with Crippen molar-refractivity contribution < 1.29 is 23.0 Å². The third-order valence-corrected chi connectivity index (χ3v) is 3.39. The molecule has 19 heavy (non-hydrogen) atoms. The highest BCUT2D eigenvalue weighted by atomic mass is 19.4. The Balaban J connectivity index is 2.04. The topological polar surface area (TPSA) is 73.3 Å². The average molecular weight is 279 g/mol. The molecule has 0 aromatic carbocycles. The van der Waals surface area contributed by atoms with E-state index in [4.69, 9.17) is 10.8 Å². The molecule has 0 unspecified atom stereocenters. The molecule has 5 nitrogen and oxygen atoms in total. The van der Waals surface area contributed by atoms with Crippen molar-refractivity contribution in [2.24, 2.45) is 5.92 Å². The lowest BCUT2D eigenvalue weighted by Crippen LogP contribution is -2.21. The van der Waals surface area contributed by atoms with E-state index in [0.29, 0.717) is 0 Å². The van der Waals surface area contributed by atoms with Crippen molar-refractivity contribution in [1.29, 1.82) is 0 Å². The summed E-state index contributed by atoms with van der Waals surface area (Å²) in [5.41, 5.74) is 5.34. The van der Waals surface area contributed by atoms with Crippen LogP contribution in [0.4, 0.5) is 18.9 Å². The van der Waals surface area contributed by atoms with Crippen LogP contribution in [0.3, 0.4) is 0 Å². The van der Waals surface area contributed by atoms with E-state index in [2.05, 4.69) is 9.84 Å². The van der Waals surface area contributed by atoms with Gasteiger partial charge in [-0.2, -0.15) is 0 Å². The molecule has 1 aliphatic carbocycles. The molecule has 8 heteroatoms. The maximum absolute atomic E-state index is 12.1. The highest BCUT2D eigenvalue weighted by molar-refractivity contribution is 5.46. The molecule has 1 aromatic heterocycles. The fourth-order valence-corrected chi connectivity index (χ4v) is 2.36. The number of hydrogen-bond acceptors (Lipinski definition) is 4. The van der Waals surface area contributed by atoms with Gasteiger partial charge in [-0.3, -0.25) is 4.68 Å². The van der Waals surface area contributed by atoms with Gasteiger partial charge in [-0.05, 0) is 31.6 Å². The number of nitrogens with two attached hydrogens (primary N) is 1. The summed E-state index contributed by atoms with van der Waals surface area (Å²) < 4.78 is 41.5. The Kier molecular flexibility index (Phi) is 3.88. The first kappa shape index (κ1) is 14.0. The highest BCUT2D eigenvalue weighted by Gasteiger charge is 2.34. The van der Waals surface area contributed by atoms with E-state index in [0.717, 1.165) is 25.7 Å². The van der Waals surface area contributed by atoms with Gasteiger partial charge in [0, 0.05) is 6.61 Å². The van der Waals surface area contributed by atoms with Crippen molar-refractivity contribution in [2.45, 2.75) is 38.1 Å². The van der Waals surface area contributed by atoms with Crippen LogP contribution in [0.25, 0.3) is 0 Å². The van der Waals surface area contributed by atoms with Crippen molar-refractivity contribution in [3.05, 3.63) is 6.20 Å². The second-order valence-electron chi connectivity index (χ2n) is 4.77. The van der Waals surface area contributed by atoms with Crippen LogP contribution >= 0.6 is 0 Å². The molecule has 1 aromatic rings. The maximum atomic E-state index is 12.1. The van der Waals surface area contributed by atoms with Gasteiger partial charge < -0.3 is 15.6 Å². The molecule has 0 spiro atoms. The molecule has 2 rings (SSSR count). The molecule has 1 heterocycles. The first-order valence-electron chi connectivity index (χ1n) is 6.10. The molecule has 3 N–H and O–H groups in total. The monoisotopic (exact) mass is 279 g/mol. The van der Waals surface area contributed by atoms with Gasteiger partial charge in [0.1, 0.15) is 5.69 Å². The summed E-state index contributed by atoms with van der Waals surface area (Å²) in [7, 11) is 0. The third kappa shape index (κ3) is 3.52. The van der Waals surface area contributed by atoms with Crippen LogP contribution in [-0.4, -0.2) is 27.9 Å². The smallest absolute Gasteiger partial charge is 0.396 e. The molecule has 0 radical (unpaired) electrons. The predicted molar refractivity (Wildman–Crippen MR) is 61.4 cm³/mol. The second-order valence-corrected chi connectivity index (χ2v) is 4.77. The molecular weight excluding hydrogens is 263 g/mol. The Morgan fingerprint density at radius 1 is 1.37 bits per heavy atom. The summed E-state index contributed by atoms with van der Waals surface area (Å²) in [6.07, 6.45) is -0.241. The zero-order valence-corrected chi connectivity index (χ0v) is 10.2. The van der Waals surface area contributed by atoms with Gasteiger partial charge in [0.2, 0.25) is 0 Å². The maximum Gasteiger partial charge on any atom is 0.574 e. The van der Waals surface area contributed by atoms with Gasteiger partial charge >= 0.3 is 6.36 Å². The number of nitrogen functional groups attached to an aromatic ring is 1. The molecule has 0 amide bonds. The van der Waals surface area contributed by atoms with Crippen LogP contribution in [0.2, 0.25) is 0 Å². The van der Waals surface area contributed by atoms with E-state index in [9.17, 15) is 13.2 Å². The van der Waals surface area contributed by atoms with Crippen molar-refractivity contribution in [1.82, 2.24) is 9.78 Å². The molecule has 0 bridgehead atoms. The largest absolute Gasteiger partial charge is 0.574 e. The van der Waals surface area contributed by atoms with Crippen molar-refractivity contribution >= 4 is 5.69 Å². The van der Waals surface area contributed by atoms with Gasteiger partial charge in [0.25, 0.3) is 5.88 Å². The standard InChI is InChI=1S/C11H16F3N3O2/c12-11(13,14)19-10-9(15)5-17(16-10)8-3-1-7(6-18)2-4-8/h5,7-8,18H,1-4,6,15H2. The number of aliphatic hydroxyl groups is 1. The fourth-order valence-electron chi connectivity index (χ4n) is 2.36. The third-order valence-electron chi connectivity index (χ3n) is 3.39. The molecule has 1 fully saturated rings. The Morgan fingerprint density at radius 2 is 2.00 bits per heavy atom. The van der Waals surface area contributed by atoms with Crippen LogP contribution in [0.5, 0.6) is 5.88 Å². The van der Waals surface area contributed by atoms with Crippen LogP contribution < -0.4 is 10.5 Å². The minimum absolute atomic E-state index is 0.00989. The molecule has 0 aliphatic heterocycles. The first-order valence-corrected chi connectivity index (χ1v) is 6.10. The van der Waals surface area contributed by atoms with Gasteiger partial charge in [0.05, 0.1) is 12.2 Å². The Bertz CT molecular complexity index is 425. The lowest BCUT2D eigenvalue weighted by atomic mass is 9.87. The van der Waals surface area contributed by atoms with Crippen LogP contribution in [0, 0.1) is 5.92 Å². The quantitative estimate of drug-likeness (QED) is 0.888. The molecule has 0 atom stereocenters. The number of anilines is 1. The minimum Gasteiger partial charge on any atom is -0.396 e. The Hall–Kier alpha value is -1.44. The summed E-state index contributed by atoms with van der Waals surface area (Å²) in [5, 5.41) is 12.8. The number of nitrogens with zero attached hydrogens (tertiary/aromatic N) is 2. The highest BCUT2D eigenvalue weighted by Crippen LogP contribution is 2.34. The lowest BCUT2D eigenvalue weighted by Gasteiger charge is -2.27. The SMILES string of the molecule is Nc1cn(C2CCC(CO)CC2)nc1OC(F)(F)F. The summed E-state index contributed by atoms with van der Waals surface area (Å²) in [6, 6.07) is 0.00989. The first-order chi connectivity index (χ1) is 8.89. The van der Waals surface area contributed by atoms with E-state index in [1.54, 1.807) is 0 Å². The minimum atomic E-state index is -4.79. The van der Waals surface area contributed by atoms with E-state index in [1.165, 1.54) is 10.9 Å². The lowest BCUT2D eigenvalue weighted by molar-refractivity contribution is -0.276. The number of ether oxygens (including phenoxy) is 1. The summed E-state index contributed by atoms with van der Waals surface area (Å²) in [5.74, 6) is -0.327. The zero-order chi connectivity index (χ0) is 14.0. The predicted octanol–water partition coefficient (Wildman–Crippen LogP) is 2.09. The van der Waals surface area contributed by atoms with Crippen molar-refractivity contribution in [2.75, 3.05) is 12.3 Å². The van der Waals surface area contributed by atoms with Crippen LogP contribution in [0.1, 0.15) is 31.7 Å². The average Bonchev–Trinajstić information content (AvgIpc) is 2.69. The van der Waals surface area contributed by atoms with E-state index in [1.807, 2.05) is 0 Å². The fraction of sp³-hybridized carbons (Fsp3) is 0.727. The van der Waals surface area contributed by atoms with E-state index >= 15 is 0 Å². The summed E-state index contributed by atoms with van der Waals surface area (Å²) in [6.45, 7) is 0.149. The van der Waals surface area contributed by atoms with E-state index < -0.39 is 12.2 Å². The van der Waals surface area contributed by atoms with Gasteiger partial charge in [-0.15, -0.1) is 18.3 Å². The molecule has 1 aliphatic rings. The van der Waals surface area contributed by atoms with Crippen molar-refractivity contribution in [3.63, 3.8) is 0 Å². The normalized spacial score (nSPS) is 24.4. The van der Waals surface area contributed by atoms with Gasteiger partial charge in [-0.1, -0.05) is 0 Å². The number of rotatable bonds is 3. The number of halogens is 3. The zero-order valence-electron chi connectivity index (χ0n) is 10.2. The van der Waals surface area contributed by atoms with E-state index in [-0.39, 0.29) is 24.3 Å². The van der Waals surface area contributed by atoms with Gasteiger partial charge in [0.15, 0.2) is 0 Å². The number of aromatic nitrogens is 2. The van der Waals surface area contributed by atoms with Gasteiger partial charge in [-0.25, -0.2) is 0 Å². The molecular formula is C11H16F3N3O2.